The molecule has 5 N–H and O–H groups in total. The van der Waals surface area contributed by atoms with Gasteiger partial charge < -0.3 is 33.3 Å². The fourth-order valence-corrected chi connectivity index (χ4v) is 14.4. The summed E-state index contributed by atoms with van der Waals surface area (Å²) in [6.45, 7) is 0. The maximum absolute atomic E-state index is 5.01. The standard InChI is InChI=1S/C9H7N.C8H6N2.C8H7N.C8H6S.C7H6N2.C7H5NO.C7H5NS.C6H4S2.C5H5N.3C4H4N2.C4H5N.C4H4S.C3H3N3.2C3H4N2.2C3H3NO.2C3H3NS/c1-2-6-9-8(4-1)5-3-7-10-9;1-2-4-8-7(3-1)9-5-6-10-8;2*1-2-4-8-7(3-1)5-6-9-8;3*1-2-4-7-6(3-1)8-5-9-7;1-3-7-6-2-4-8-5(1)6;1-2-4-6-5-3-1;1-2-6-4-3-5-1;1-2-5-4-6-3-1;1-2-4-6-5-3-1;2*1-2-4-5-3-1;1-4-2-6-3-5-1;1-2-5-3-4-1;1-2-4-5-3-1;1-2-5-3-4-1;1-2-4-5-3-1;1-2-5-3-4-1;1-2-4-5-3-1/h1-7H;1-6H;1-6,9H;1-6H;1-5H,(H,8,9);2*1-5H;1-4H;1-5H;3*1-4H;1-5H;1-4H;1-3H;2*1-3H,(H,4,5);4*1-3H. The molecule has 0 saturated heterocycles. The molecule has 0 aliphatic carbocycles. The van der Waals surface area contributed by atoms with E-state index in [1.807, 2.05) is 246 Å². The van der Waals surface area contributed by atoms with Crippen LogP contribution in [0.3, 0.4) is 0 Å². The van der Waals surface area contributed by atoms with Gasteiger partial charge in [-0.25, -0.2) is 54.2 Å². The minimum absolute atomic E-state index is 0.845. The van der Waals surface area contributed by atoms with Crippen molar-refractivity contribution in [2.24, 2.45) is 0 Å². The van der Waals surface area contributed by atoms with Gasteiger partial charge in [-0.2, -0.15) is 26.6 Å². The summed E-state index contributed by atoms with van der Waals surface area (Å²) in [5.41, 5.74) is 12.8. The van der Waals surface area contributed by atoms with Crippen LogP contribution in [0.25, 0.3) is 84.7 Å². The van der Waals surface area contributed by atoms with E-state index in [2.05, 4.69) is 239 Å². The monoisotopic (exact) mass is 2020 g/mol. The van der Waals surface area contributed by atoms with Crippen molar-refractivity contribution < 1.29 is 13.4 Å². The summed E-state index contributed by atoms with van der Waals surface area (Å²) in [5.74, 6) is 0. The van der Waals surface area contributed by atoms with Crippen molar-refractivity contribution in [2.45, 2.75) is 0 Å². The Labute approximate surface area is 851 Å². The Morgan fingerprint density at radius 1 is 0.252 bits per heavy atom. The first-order valence-corrected chi connectivity index (χ1v) is 49.0. The van der Waals surface area contributed by atoms with Crippen LogP contribution < -0.4 is 0 Å². The minimum atomic E-state index is 0.845. The molecule has 0 saturated carbocycles. The number of aromatic nitrogens is 27. The van der Waals surface area contributed by atoms with E-state index < -0.39 is 0 Å². The molecule has 29 aromatic rings. The van der Waals surface area contributed by atoms with E-state index in [1.165, 1.54) is 103 Å². The van der Waals surface area contributed by atoms with Crippen LogP contribution in [0, 0.1) is 0 Å². The molecule has 22 aromatic heterocycles. The van der Waals surface area contributed by atoms with E-state index in [4.69, 9.17) is 4.42 Å². The number of hydrogen-bond donors (Lipinski definition) is 5. The van der Waals surface area contributed by atoms with Gasteiger partial charge >= 0.3 is 0 Å². The zero-order chi connectivity index (χ0) is 99.0. The summed E-state index contributed by atoms with van der Waals surface area (Å²) in [7, 11) is 0. The van der Waals surface area contributed by atoms with Crippen LogP contribution in [0.4, 0.5) is 0 Å². The minimum Gasteiger partial charge on any atom is -0.452 e. The molecular weight excluding hydrogens is 1920 g/mol. The maximum Gasteiger partial charge on any atom is 0.181 e. The zero-order valence-electron chi connectivity index (χ0n) is 76.4. The molecule has 0 atom stereocenters. The number of benzene rings is 7. The lowest BCUT2D eigenvalue weighted by molar-refractivity contribution is 0.420. The normalized spacial score (nSPS) is 9.12. The fraction of sp³-hybridized carbons (Fsp3) is 0. The van der Waals surface area contributed by atoms with Gasteiger partial charge in [0.2, 0.25) is 0 Å². The number of thiazole rings is 2. The van der Waals surface area contributed by atoms with Crippen molar-refractivity contribution >= 4 is 164 Å². The lowest BCUT2D eigenvalue weighted by Gasteiger charge is -1.91. The highest BCUT2D eigenvalue weighted by Crippen LogP contribution is 2.25. The van der Waals surface area contributed by atoms with E-state index in [-0.39, 0.29) is 0 Å². The van der Waals surface area contributed by atoms with Crippen LogP contribution in [0.2, 0.25) is 0 Å². The van der Waals surface area contributed by atoms with Crippen LogP contribution in [0.1, 0.15) is 0 Å². The second-order valence-corrected chi connectivity index (χ2v) is 31.9. The Morgan fingerprint density at radius 2 is 0.860 bits per heavy atom. The van der Waals surface area contributed by atoms with Crippen LogP contribution >= 0.6 is 79.6 Å². The van der Waals surface area contributed by atoms with E-state index >= 15 is 0 Å². The van der Waals surface area contributed by atoms with E-state index in [1.54, 1.807) is 222 Å². The Morgan fingerprint density at radius 3 is 1.30 bits per heavy atom. The molecule has 0 unspecified atom stereocenters. The van der Waals surface area contributed by atoms with Crippen LogP contribution in [-0.2, 0) is 0 Å². The first-order valence-electron chi connectivity index (χ1n) is 42.7. The molecule has 0 radical (unpaired) electrons. The predicted octanol–water partition coefficient (Wildman–Crippen LogP) is 27.2. The maximum atomic E-state index is 5.01. The number of para-hydroxylation sites is 9. The highest BCUT2D eigenvalue weighted by Gasteiger charge is 1.96. The molecular formula is C106H95N27O3S7. The number of hydrogen-bond acceptors (Lipinski definition) is 32. The largest absolute Gasteiger partial charge is 0.452 e. The quantitative estimate of drug-likeness (QED) is 0.0941. The molecule has 0 aliphatic heterocycles. The van der Waals surface area contributed by atoms with Crippen molar-refractivity contribution in [1.82, 2.24) is 135 Å². The average molecular weight is 2020 g/mol. The van der Waals surface area contributed by atoms with Gasteiger partial charge in [0, 0.05) is 172 Å². The third-order valence-corrected chi connectivity index (χ3v) is 21.4. The molecule has 0 aliphatic rings. The summed E-state index contributed by atoms with van der Waals surface area (Å²) in [6.07, 6.45) is 56.2. The van der Waals surface area contributed by atoms with Crippen LogP contribution in [0.5, 0.6) is 0 Å². The first-order chi connectivity index (χ1) is 71.2. The zero-order valence-corrected chi connectivity index (χ0v) is 82.1. The number of imidazole rings is 2. The number of nitrogens with zero attached hydrogens (tertiary/aromatic N) is 22. The Kier molecular flexibility index (Phi) is 57.5. The fourth-order valence-electron chi connectivity index (χ4n) is 9.93. The van der Waals surface area contributed by atoms with Gasteiger partial charge in [-0.15, -0.1) is 56.7 Å². The smallest absolute Gasteiger partial charge is 0.181 e. The molecule has 37 heteroatoms. The molecule has 7 aromatic carbocycles. The van der Waals surface area contributed by atoms with Gasteiger partial charge in [0.05, 0.1) is 73.9 Å². The summed E-state index contributed by atoms with van der Waals surface area (Å²) in [4.78, 5) is 76.5. The van der Waals surface area contributed by atoms with Gasteiger partial charge in [-0.3, -0.25) is 40.0 Å². The SMILES string of the molecule is c1c[nH]cn1.c1cc2sccc2s1.c1cc[nH]c1.c1ccc2[nH]ccc2c1.c1ccc2[nH]cnc2c1.c1ccc2ncccc2c1.c1ccc2nccnc2c1.c1ccc2ocnc2c1.c1ccc2sccc2c1.c1ccc2scnc2c1.c1ccncc1.c1ccnnc1.c1ccsc1.c1cn[nH]c1.c1cnccn1.c1cncnc1.c1cnoc1.c1cnsc1.c1cocn1.c1cscn1.c1ncncn1. The highest BCUT2D eigenvalue weighted by atomic mass is 32.1. The van der Waals surface area contributed by atoms with Crippen molar-refractivity contribution in [3.05, 3.63) is 546 Å². The number of pyridine rings is 2. The lowest BCUT2D eigenvalue weighted by Crippen LogP contribution is -1.78. The van der Waals surface area contributed by atoms with Gasteiger partial charge in [-0.05, 0) is 207 Å². The number of oxazole rings is 2. The highest BCUT2D eigenvalue weighted by molar-refractivity contribution is 7.26. The Hall–Kier alpha value is -18.2. The molecule has 29 rings (SSSR count). The number of thiophene rings is 4. The molecule has 0 fully saturated rings. The summed E-state index contributed by atoms with van der Waals surface area (Å²) >= 11 is 11.9. The Balaban J connectivity index is 0.000000168. The van der Waals surface area contributed by atoms with Crippen molar-refractivity contribution in [1.29, 1.82) is 0 Å². The van der Waals surface area contributed by atoms with Crippen molar-refractivity contribution in [2.75, 3.05) is 0 Å². The van der Waals surface area contributed by atoms with Gasteiger partial charge in [0.25, 0.3) is 0 Å². The van der Waals surface area contributed by atoms with E-state index in [0.717, 1.165) is 44.2 Å². The molecule has 22 heterocycles. The third-order valence-electron chi connectivity index (χ3n) is 16.1. The second-order valence-electron chi connectivity index (χ2n) is 25.9. The number of H-pyrrole nitrogens is 5. The molecule has 0 amide bonds. The number of nitrogens with one attached hydrogen (secondary N) is 5. The number of fused-ring (bicyclic) bond motifs is 8. The number of rotatable bonds is 0. The molecule has 143 heavy (non-hydrogen) atoms. The van der Waals surface area contributed by atoms with Gasteiger partial charge in [-0.1, -0.05) is 133 Å². The summed E-state index contributed by atoms with van der Waals surface area (Å²) < 4.78 is 23.0. The molecule has 0 spiro atoms. The second kappa shape index (κ2) is 75.9. The topological polar surface area (TPSA) is 402 Å². The lowest BCUT2D eigenvalue weighted by atomic mass is 10.2. The van der Waals surface area contributed by atoms with Crippen molar-refractivity contribution in [3.63, 3.8) is 0 Å². The first kappa shape index (κ1) is 108. The van der Waals surface area contributed by atoms with E-state index in [9.17, 15) is 0 Å². The molecule has 714 valence electrons. The van der Waals surface area contributed by atoms with Gasteiger partial charge in [0.1, 0.15) is 43.4 Å². The van der Waals surface area contributed by atoms with Gasteiger partial charge in [0.15, 0.2) is 18.4 Å². The molecule has 0 bridgehead atoms. The van der Waals surface area contributed by atoms with Crippen molar-refractivity contribution in [3.8, 4) is 0 Å². The van der Waals surface area contributed by atoms with Crippen LogP contribution in [-0.4, -0.2) is 135 Å². The predicted molar refractivity (Wildman–Crippen MR) is 581 cm³/mol. The van der Waals surface area contributed by atoms with Crippen LogP contribution in [0.15, 0.2) is 559 Å². The Bertz CT molecular complexity index is 5990. The average Bonchev–Trinajstić information content (AvgIpc) is 0.978. The molecule has 30 nitrogen and oxygen atoms in total. The van der Waals surface area contributed by atoms with E-state index in [0.29, 0.717) is 0 Å². The third kappa shape index (κ3) is 51.5. The number of aromatic amines is 5. The summed E-state index contributed by atoms with van der Waals surface area (Å²) in [5, 5.41) is 34.8. The summed E-state index contributed by atoms with van der Waals surface area (Å²) in [6, 6.07) is 93.3.